The normalized spacial score (nSPS) is 15.4. The summed E-state index contributed by atoms with van der Waals surface area (Å²) in [5.74, 6) is -3.01. The highest BCUT2D eigenvalue weighted by Gasteiger charge is 2.59. The van der Waals surface area contributed by atoms with Crippen molar-refractivity contribution in [2.75, 3.05) is 13.2 Å². The molecule has 0 fully saturated rings. The summed E-state index contributed by atoms with van der Waals surface area (Å²) in [4.78, 5) is 39.3. The fraction of sp³-hybridized carbons (Fsp3) is 0.350. The van der Waals surface area contributed by atoms with Crippen molar-refractivity contribution in [2.24, 2.45) is 0 Å². The van der Waals surface area contributed by atoms with Crippen LogP contribution in [0, 0.1) is 0 Å². The number of amides is 1. The average molecular weight is 428 g/mol. The molecule has 0 unspecified atom stereocenters. The van der Waals surface area contributed by atoms with Crippen molar-refractivity contribution >= 4 is 35.1 Å². The number of benzene rings is 1. The van der Waals surface area contributed by atoms with E-state index in [4.69, 9.17) is 21.1 Å². The van der Waals surface area contributed by atoms with Gasteiger partial charge in [0.25, 0.3) is 6.08 Å². The molecular weight excluding hydrogens is 408 g/mol. The van der Waals surface area contributed by atoms with Crippen molar-refractivity contribution in [3.8, 4) is 0 Å². The van der Waals surface area contributed by atoms with Crippen LogP contribution in [0.5, 0.6) is 0 Å². The molecule has 0 saturated heterocycles. The highest BCUT2D eigenvalue weighted by molar-refractivity contribution is 6.30. The van der Waals surface area contributed by atoms with Crippen LogP contribution in [0.25, 0.3) is 5.70 Å². The van der Waals surface area contributed by atoms with E-state index in [9.17, 15) is 23.2 Å². The van der Waals surface area contributed by atoms with Crippen molar-refractivity contribution in [2.45, 2.75) is 32.7 Å². The van der Waals surface area contributed by atoms with Crippen LogP contribution in [0.2, 0.25) is 5.02 Å². The number of nitrogens with zero attached hydrogens (tertiary/aromatic N) is 1. The van der Waals surface area contributed by atoms with Gasteiger partial charge in [-0.3, -0.25) is 9.69 Å². The molecule has 1 aliphatic rings. The first-order valence-corrected chi connectivity index (χ1v) is 9.23. The summed E-state index contributed by atoms with van der Waals surface area (Å²) in [5, 5.41) is 0.383. The van der Waals surface area contributed by atoms with Gasteiger partial charge in [0.05, 0.1) is 18.9 Å². The van der Waals surface area contributed by atoms with Crippen LogP contribution in [-0.4, -0.2) is 41.5 Å². The van der Waals surface area contributed by atoms with E-state index in [1.807, 2.05) is 0 Å². The predicted octanol–water partition coefficient (Wildman–Crippen LogP) is 3.95. The Bertz CT molecular complexity index is 857. The van der Waals surface area contributed by atoms with Crippen molar-refractivity contribution in [1.82, 2.24) is 4.90 Å². The molecule has 2 rings (SSSR count). The summed E-state index contributed by atoms with van der Waals surface area (Å²) in [6.07, 6.45) is -1.79. The van der Waals surface area contributed by atoms with E-state index in [1.165, 1.54) is 38.1 Å². The zero-order chi connectivity index (χ0) is 21.8. The summed E-state index contributed by atoms with van der Waals surface area (Å²) in [6.45, 7) is 3.88. The maximum Gasteiger partial charge on any atom is 0.344 e. The molecule has 0 bridgehead atoms. The SMILES string of the molecule is CCOC(=O)C1(C(=O)OCC)CC(=C(F)F)C=C(c2ccc(Cl)cc2)N1C(C)=O. The van der Waals surface area contributed by atoms with Gasteiger partial charge in [0.1, 0.15) is 0 Å². The lowest BCUT2D eigenvalue weighted by molar-refractivity contribution is -0.175. The molecule has 1 aliphatic heterocycles. The minimum Gasteiger partial charge on any atom is -0.464 e. The number of hydrogen-bond donors (Lipinski definition) is 0. The van der Waals surface area contributed by atoms with Crippen molar-refractivity contribution < 1.29 is 32.6 Å². The van der Waals surface area contributed by atoms with Gasteiger partial charge in [-0.25, -0.2) is 9.59 Å². The topological polar surface area (TPSA) is 72.9 Å². The van der Waals surface area contributed by atoms with Crippen molar-refractivity contribution in [3.63, 3.8) is 0 Å². The molecular formula is C20H20ClF2NO5. The van der Waals surface area contributed by atoms with E-state index in [0.717, 1.165) is 17.9 Å². The molecule has 1 aromatic carbocycles. The quantitative estimate of drug-likeness (QED) is 0.525. The second kappa shape index (κ2) is 9.17. The molecule has 0 N–H and O–H groups in total. The lowest BCUT2D eigenvalue weighted by Gasteiger charge is -2.43. The average Bonchev–Trinajstić information content (AvgIpc) is 2.67. The predicted molar refractivity (Wildman–Crippen MR) is 102 cm³/mol. The molecule has 0 spiro atoms. The van der Waals surface area contributed by atoms with Gasteiger partial charge in [-0.05, 0) is 37.6 Å². The second-order valence-corrected chi connectivity index (χ2v) is 6.59. The Morgan fingerprint density at radius 1 is 1.07 bits per heavy atom. The fourth-order valence-corrected chi connectivity index (χ4v) is 3.27. The number of carbonyl (C=O) groups is 3. The van der Waals surface area contributed by atoms with E-state index >= 15 is 0 Å². The van der Waals surface area contributed by atoms with Gasteiger partial charge in [0.15, 0.2) is 0 Å². The number of esters is 2. The van der Waals surface area contributed by atoms with Gasteiger partial charge < -0.3 is 9.47 Å². The van der Waals surface area contributed by atoms with Crippen LogP contribution >= 0.6 is 11.6 Å². The molecule has 0 radical (unpaired) electrons. The number of ether oxygens (including phenoxy) is 2. The molecule has 0 aromatic heterocycles. The van der Waals surface area contributed by atoms with Crippen molar-refractivity contribution in [1.29, 1.82) is 0 Å². The first-order chi connectivity index (χ1) is 13.7. The minimum absolute atomic E-state index is 0.0654. The van der Waals surface area contributed by atoms with Gasteiger partial charge in [-0.1, -0.05) is 23.7 Å². The molecule has 156 valence electrons. The Balaban J connectivity index is 2.84. The maximum atomic E-state index is 13.6. The molecule has 1 amide bonds. The smallest absolute Gasteiger partial charge is 0.344 e. The van der Waals surface area contributed by atoms with Crippen LogP contribution in [0.15, 0.2) is 42.0 Å². The van der Waals surface area contributed by atoms with Crippen LogP contribution < -0.4 is 0 Å². The lowest BCUT2D eigenvalue weighted by Crippen LogP contribution is -2.63. The van der Waals surface area contributed by atoms with Crippen molar-refractivity contribution in [3.05, 3.63) is 52.6 Å². The third kappa shape index (κ3) is 4.32. The van der Waals surface area contributed by atoms with Gasteiger partial charge in [0.2, 0.25) is 11.4 Å². The molecule has 0 saturated carbocycles. The molecule has 9 heteroatoms. The highest BCUT2D eigenvalue weighted by atomic mass is 35.5. The van der Waals surface area contributed by atoms with Crippen LogP contribution in [-0.2, 0) is 23.9 Å². The zero-order valence-corrected chi connectivity index (χ0v) is 16.9. The first kappa shape index (κ1) is 22.5. The third-order valence-electron chi connectivity index (χ3n) is 4.30. The van der Waals surface area contributed by atoms with Crippen LogP contribution in [0.4, 0.5) is 8.78 Å². The van der Waals surface area contributed by atoms with Gasteiger partial charge in [-0.15, -0.1) is 0 Å². The number of rotatable bonds is 5. The molecule has 29 heavy (non-hydrogen) atoms. The van der Waals surface area contributed by atoms with E-state index in [1.54, 1.807) is 0 Å². The van der Waals surface area contributed by atoms with Gasteiger partial charge >= 0.3 is 11.9 Å². The highest BCUT2D eigenvalue weighted by Crippen LogP contribution is 2.42. The Morgan fingerprint density at radius 3 is 2.00 bits per heavy atom. The Morgan fingerprint density at radius 2 is 1.59 bits per heavy atom. The monoisotopic (exact) mass is 427 g/mol. The van der Waals surface area contributed by atoms with Gasteiger partial charge in [-0.2, -0.15) is 8.78 Å². The third-order valence-corrected chi connectivity index (χ3v) is 4.56. The first-order valence-electron chi connectivity index (χ1n) is 8.86. The molecule has 1 heterocycles. The summed E-state index contributed by atoms with van der Waals surface area (Å²) in [7, 11) is 0. The molecule has 0 atom stereocenters. The largest absolute Gasteiger partial charge is 0.464 e. The van der Waals surface area contributed by atoms with E-state index in [-0.39, 0.29) is 18.9 Å². The van der Waals surface area contributed by atoms with Crippen LogP contribution in [0.3, 0.4) is 0 Å². The fourth-order valence-electron chi connectivity index (χ4n) is 3.14. The maximum absolute atomic E-state index is 13.6. The summed E-state index contributed by atoms with van der Waals surface area (Å²) < 4.78 is 37.3. The Labute approximate surface area is 171 Å². The standard InChI is InChI=1S/C20H20ClF2NO5/c1-4-28-18(26)20(19(27)29-5-2)11-14(17(22)23)10-16(24(20)12(3)25)13-6-8-15(21)9-7-13/h6-10H,4-5,11H2,1-3H3. The van der Waals surface area contributed by atoms with E-state index in [2.05, 4.69) is 0 Å². The molecule has 0 aliphatic carbocycles. The lowest BCUT2D eigenvalue weighted by atomic mass is 9.83. The van der Waals surface area contributed by atoms with E-state index in [0.29, 0.717) is 10.6 Å². The number of hydrogen-bond acceptors (Lipinski definition) is 5. The summed E-state index contributed by atoms with van der Waals surface area (Å²) in [6, 6.07) is 5.97. The summed E-state index contributed by atoms with van der Waals surface area (Å²) in [5.41, 5.74) is -2.75. The number of allylic oxidation sites excluding steroid dienone is 1. The Hall–Kier alpha value is -2.74. The summed E-state index contributed by atoms with van der Waals surface area (Å²) >= 11 is 5.89. The van der Waals surface area contributed by atoms with Gasteiger partial charge in [0, 0.05) is 23.9 Å². The minimum atomic E-state index is -2.42. The van der Waals surface area contributed by atoms with E-state index < -0.39 is 41.5 Å². The molecule has 1 aromatic rings. The number of carbonyl (C=O) groups excluding carboxylic acids is 3. The Kier molecular flexibility index (Phi) is 7.13. The van der Waals surface area contributed by atoms with Crippen LogP contribution in [0.1, 0.15) is 32.8 Å². The second-order valence-electron chi connectivity index (χ2n) is 6.15. The number of halogens is 3. The molecule has 6 nitrogen and oxygen atoms in total. The zero-order valence-electron chi connectivity index (χ0n) is 16.1.